The van der Waals surface area contributed by atoms with Crippen LogP contribution in [0.25, 0.3) is 0 Å². The molecular formula is C13H23N3O. The van der Waals surface area contributed by atoms with E-state index in [1.807, 2.05) is 26.1 Å². The zero-order chi connectivity index (χ0) is 12.7. The van der Waals surface area contributed by atoms with Crippen molar-refractivity contribution in [2.75, 3.05) is 26.7 Å². The molecule has 0 aliphatic heterocycles. The lowest BCUT2D eigenvalue weighted by Crippen LogP contribution is -2.40. The van der Waals surface area contributed by atoms with Crippen LogP contribution in [0.5, 0.6) is 5.75 Å². The molecule has 0 saturated heterocycles. The van der Waals surface area contributed by atoms with E-state index in [1.54, 1.807) is 0 Å². The molecule has 0 fully saturated rings. The lowest BCUT2D eigenvalue weighted by atomic mass is 10.2. The Morgan fingerprint density at radius 1 is 1.29 bits per heavy atom. The smallest absolute Gasteiger partial charge is 0.119 e. The Labute approximate surface area is 104 Å². The molecule has 1 unspecified atom stereocenters. The second kappa shape index (κ2) is 7.27. The van der Waals surface area contributed by atoms with E-state index in [0.29, 0.717) is 13.2 Å². The molecular weight excluding hydrogens is 214 g/mol. The van der Waals surface area contributed by atoms with Gasteiger partial charge in [0.1, 0.15) is 5.75 Å². The van der Waals surface area contributed by atoms with Crippen molar-refractivity contribution in [2.45, 2.75) is 19.5 Å². The van der Waals surface area contributed by atoms with Crippen LogP contribution in [0.2, 0.25) is 0 Å². The summed E-state index contributed by atoms with van der Waals surface area (Å²) >= 11 is 0. The number of ether oxygens (including phenoxy) is 1. The Kier molecular flexibility index (Phi) is 5.97. The SMILES string of the molecule is CCOc1ccc(CN(C)CC(N)CN)cc1. The molecule has 1 aromatic carbocycles. The van der Waals surface area contributed by atoms with Gasteiger partial charge >= 0.3 is 0 Å². The van der Waals surface area contributed by atoms with Gasteiger partial charge in [0, 0.05) is 25.7 Å². The maximum atomic E-state index is 5.80. The van der Waals surface area contributed by atoms with Gasteiger partial charge in [-0.3, -0.25) is 0 Å². The Morgan fingerprint density at radius 2 is 1.94 bits per heavy atom. The molecule has 4 nitrogen and oxygen atoms in total. The highest BCUT2D eigenvalue weighted by molar-refractivity contribution is 5.27. The predicted molar refractivity (Wildman–Crippen MR) is 71.0 cm³/mol. The molecule has 4 N–H and O–H groups in total. The lowest BCUT2D eigenvalue weighted by Gasteiger charge is -2.20. The van der Waals surface area contributed by atoms with E-state index in [1.165, 1.54) is 5.56 Å². The molecule has 0 spiro atoms. The summed E-state index contributed by atoms with van der Waals surface area (Å²) in [7, 11) is 2.05. The number of nitrogens with zero attached hydrogens (tertiary/aromatic N) is 1. The number of hydrogen-bond acceptors (Lipinski definition) is 4. The van der Waals surface area contributed by atoms with Gasteiger partial charge in [-0.2, -0.15) is 0 Å². The normalized spacial score (nSPS) is 12.8. The summed E-state index contributed by atoms with van der Waals surface area (Å²) in [6.07, 6.45) is 0. The van der Waals surface area contributed by atoms with Crippen molar-refractivity contribution in [3.8, 4) is 5.75 Å². The van der Waals surface area contributed by atoms with Crippen LogP contribution >= 0.6 is 0 Å². The fourth-order valence-electron chi connectivity index (χ4n) is 1.71. The van der Waals surface area contributed by atoms with E-state index in [2.05, 4.69) is 17.0 Å². The molecule has 96 valence electrons. The van der Waals surface area contributed by atoms with Crippen molar-refractivity contribution in [1.82, 2.24) is 4.90 Å². The molecule has 0 radical (unpaired) electrons. The van der Waals surface area contributed by atoms with Gasteiger partial charge in [-0.15, -0.1) is 0 Å². The first-order valence-electron chi connectivity index (χ1n) is 6.01. The lowest BCUT2D eigenvalue weighted by molar-refractivity contribution is 0.304. The Balaban J connectivity index is 2.45. The van der Waals surface area contributed by atoms with E-state index in [4.69, 9.17) is 16.2 Å². The van der Waals surface area contributed by atoms with Gasteiger partial charge in [0.15, 0.2) is 0 Å². The number of nitrogens with two attached hydrogens (primary N) is 2. The summed E-state index contributed by atoms with van der Waals surface area (Å²) in [5.41, 5.74) is 12.6. The summed E-state index contributed by atoms with van der Waals surface area (Å²) in [5, 5.41) is 0. The third-order valence-corrected chi connectivity index (χ3v) is 2.54. The molecule has 0 amide bonds. The summed E-state index contributed by atoms with van der Waals surface area (Å²) in [4.78, 5) is 2.17. The highest BCUT2D eigenvalue weighted by Crippen LogP contribution is 2.13. The Morgan fingerprint density at radius 3 is 2.47 bits per heavy atom. The summed E-state index contributed by atoms with van der Waals surface area (Å²) < 4.78 is 5.40. The zero-order valence-corrected chi connectivity index (χ0v) is 10.7. The first-order valence-corrected chi connectivity index (χ1v) is 6.01. The van der Waals surface area contributed by atoms with Crippen molar-refractivity contribution >= 4 is 0 Å². The minimum Gasteiger partial charge on any atom is -0.494 e. The highest BCUT2D eigenvalue weighted by Gasteiger charge is 2.05. The number of likely N-dealkylation sites (N-methyl/N-ethyl adjacent to an activating group) is 1. The Hall–Kier alpha value is -1.10. The van der Waals surface area contributed by atoms with E-state index < -0.39 is 0 Å². The van der Waals surface area contributed by atoms with Crippen LogP contribution < -0.4 is 16.2 Å². The fourth-order valence-corrected chi connectivity index (χ4v) is 1.71. The van der Waals surface area contributed by atoms with E-state index in [0.717, 1.165) is 18.8 Å². The van der Waals surface area contributed by atoms with Gasteiger partial charge in [-0.1, -0.05) is 12.1 Å². The molecule has 1 atom stereocenters. The Bertz CT molecular complexity index is 313. The third-order valence-electron chi connectivity index (χ3n) is 2.54. The predicted octanol–water partition coefficient (Wildman–Crippen LogP) is 0.803. The van der Waals surface area contributed by atoms with Crippen LogP contribution in [-0.2, 0) is 6.54 Å². The van der Waals surface area contributed by atoms with Crippen molar-refractivity contribution < 1.29 is 4.74 Å². The molecule has 1 aromatic rings. The highest BCUT2D eigenvalue weighted by atomic mass is 16.5. The first kappa shape index (κ1) is 14.0. The average molecular weight is 237 g/mol. The molecule has 17 heavy (non-hydrogen) atoms. The van der Waals surface area contributed by atoms with Crippen LogP contribution in [0, 0.1) is 0 Å². The largest absolute Gasteiger partial charge is 0.494 e. The summed E-state index contributed by atoms with van der Waals surface area (Å²) in [6.45, 7) is 4.89. The van der Waals surface area contributed by atoms with Crippen LogP contribution in [0.15, 0.2) is 24.3 Å². The topological polar surface area (TPSA) is 64.5 Å². The van der Waals surface area contributed by atoms with Gasteiger partial charge in [-0.05, 0) is 31.7 Å². The molecule has 0 bridgehead atoms. The van der Waals surface area contributed by atoms with E-state index >= 15 is 0 Å². The first-order chi connectivity index (χ1) is 8.15. The third kappa shape index (κ3) is 5.17. The fraction of sp³-hybridized carbons (Fsp3) is 0.538. The van der Waals surface area contributed by atoms with E-state index in [9.17, 15) is 0 Å². The molecule has 0 heterocycles. The van der Waals surface area contributed by atoms with Crippen LogP contribution in [-0.4, -0.2) is 37.7 Å². The standard InChI is InChI=1S/C13H23N3O/c1-3-17-13-6-4-11(5-7-13)9-16(2)10-12(15)8-14/h4-7,12H,3,8-10,14-15H2,1-2H3. The minimum atomic E-state index is 0.0442. The zero-order valence-electron chi connectivity index (χ0n) is 10.7. The van der Waals surface area contributed by atoms with Crippen molar-refractivity contribution in [3.63, 3.8) is 0 Å². The summed E-state index contributed by atoms with van der Waals surface area (Å²) in [6, 6.07) is 8.19. The van der Waals surface area contributed by atoms with Gasteiger partial charge in [0.25, 0.3) is 0 Å². The molecule has 1 rings (SSSR count). The molecule has 0 aromatic heterocycles. The maximum Gasteiger partial charge on any atom is 0.119 e. The second-order valence-corrected chi connectivity index (χ2v) is 4.27. The molecule has 4 heteroatoms. The molecule has 0 aliphatic carbocycles. The van der Waals surface area contributed by atoms with Crippen LogP contribution in [0.4, 0.5) is 0 Å². The molecule has 0 saturated carbocycles. The average Bonchev–Trinajstić information content (AvgIpc) is 2.31. The number of rotatable bonds is 7. The van der Waals surface area contributed by atoms with Gasteiger partial charge in [0.2, 0.25) is 0 Å². The van der Waals surface area contributed by atoms with Crippen LogP contribution in [0.3, 0.4) is 0 Å². The quantitative estimate of drug-likeness (QED) is 0.736. The van der Waals surface area contributed by atoms with Gasteiger partial charge in [-0.25, -0.2) is 0 Å². The van der Waals surface area contributed by atoms with Gasteiger partial charge in [0.05, 0.1) is 6.61 Å². The minimum absolute atomic E-state index is 0.0442. The van der Waals surface area contributed by atoms with E-state index in [-0.39, 0.29) is 6.04 Å². The number of benzene rings is 1. The van der Waals surface area contributed by atoms with Crippen molar-refractivity contribution in [2.24, 2.45) is 11.5 Å². The number of hydrogen-bond donors (Lipinski definition) is 2. The summed E-state index contributed by atoms with van der Waals surface area (Å²) in [5.74, 6) is 0.914. The van der Waals surface area contributed by atoms with Crippen LogP contribution in [0.1, 0.15) is 12.5 Å². The maximum absolute atomic E-state index is 5.80. The van der Waals surface area contributed by atoms with Crippen molar-refractivity contribution in [3.05, 3.63) is 29.8 Å². The van der Waals surface area contributed by atoms with Gasteiger partial charge < -0.3 is 21.1 Å². The second-order valence-electron chi connectivity index (χ2n) is 4.27. The molecule has 0 aliphatic rings. The monoisotopic (exact) mass is 237 g/mol. The van der Waals surface area contributed by atoms with Crippen molar-refractivity contribution in [1.29, 1.82) is 0 Å².